The number of fused-ring (bicyclic) bond motifs is 8. The highest BCUT2D eigenvalue weighted by atomic mass is 16.5. The van der Waals surface area contributed by atoms with Crippen LogP contribution in [0.15, 0.2) is 237 Å². The van der Waals surface area contributed by atoms with Gasteiger partial charge in [-0.05, 0) is 148 Å². The van der Waals surface area contributed by atoms with E-state index in [9.17, 15) is 0 Å². The van der Waals surface area contributed by atoms with E-state index in [0.717, 1.165) is 62.4 Å². The number of aromatic nitrogens is 1. The van der Waals surface area contributed by atoms with Crippen molar-refractivity contribution in [2.75, 3.05) is 9.80 Å². The van der Waals surface area contributed by atoms with Crippen LogP contribution in [0.4, 0.5) is 34.1 Å². The fraction of sp³-hybridized carbons (Fsp3) is 0.0476. The molecule has 2 aliphatic rings. The second kappa shape index (κ2) is 15.3. The van der Waals surface area contributed by atoms with Gasteiger partial charge >= 0.3 is 0 Å². The van der Waals surface area contributed by atoms with Crippen molar-refractivity contribution in [3.8, 4) is 50.6 Å². The zero-order chi connectivity index (χ0) is 44.6. The number of benzene rings is 10. The van der Waals surface area contributed by atoms with Crippen LogP contribution in [0.3, 0.4) is 0 Å². The van der Waals surface area contributed by atoms with Crippen molar-refractivity contribution in [1.29, 1.82) is 0 Å². The number of hydrogen-bond donors (Lipinski definition) is 0. The molecule has 67 heavy (non-hydrogen) atoms. The number of para-hydroxylation sites is 5. The fourth-order valence-corrected chi connectivity index (χ4v) is 10.7. The van der Waals surface area contributed by atoms with E-state index in [-0.39, 0.29) is 5.41 Å². The maximum absolute atomic E-state index is 6.60. The molecule has 1 aromatic heterocycles. The van der Waals surface area contributed by atoms with E-state index in [1.165, 1.54) is 55.2 Å². The molecular formula is C63H45N3O. The van der Waals surface area contributed by atoms with Crippen LogP contribution in [0.1, 0.15) is 25.0 Å². The molecular weight excluding hydrogens is 815 g/mol. The molecule has 11 aromatic rings. The smallest absolute Gasteiger partial charge is 0.152 e. The monoisotopic (exact) mass is 859 g/mol. The van der Waals surface area contributed by atoms with E-state index in [2.05, 4.69) is 253 Å². The first-order chi connectivity index (χ1) is 33.0. The molecule has 0 saturated heterocycles. The summed E-state index contributed by atoms with van der Waals surface area (Å²) in [6.07, 6.45) is 0. The van der Waals surface area contributed by atoms with E-state index in [1.54, 1.807) is 0 Å². The Morgan fingerprint density at radius 2 is 0.925 bits per heavy atom. The Kier molecular flexibility index (Phi) is 8.84. The van der Waals surface area contributed by atoms with Gasteiger partial charge in [-0.1, -0.05) is 147 Å². The molecule has 4 heteroatoms. The van der Waals surface area contributed by atoms with Crippen molar-refractivity contribution < 1.29 is 4.74 Å². The second-order valence-corrected chi connectivity index (χ2v) is 18.2. The Morgan fingerprint density at radius 1 is 0.373 bits per heavy atom. The molecule has 10 aromatic carbocycles. The molecule has 1 aliphatic carbocycles. The van der Waals surface area contributed by atoms with E-state index in [0.29, 0.717) is 0 Å². The Bertz CT molecular complexity index is 3680. The van der Waals surface area contributed by atoms with Crippen LogP contribution >= 0.6 is 0 Å². The summed E-state index contributed by atoms with van der Waals surface area (Å²) in [6, 6.07) is 85.5. The van der Waals surface area contributed by atoms with Gasteiger partial charge in [0.25, 0.3) is 0 Å². The molecule has 0 fully saturated rings. The third-order valence-corrected chi connectivity index (χ3v) is 14.0. The van der Waals surface area contributed by atoms with Crippen molar-refractivity contribution in [3.05, 3.63) is 248 Å². The summed E-state index contributed by atoms with van der Waals surface area (Å²) in [5.41, 5.74) is 19.8. The highest BCUT2D eigenvalue weighted by Crippen LogP contribution is 2.53. The third-order valence-electron chi connectivity index (χ3n) is 14.0. The summed E-state index contributed by atoms with van der Waals surface area (Å²) in [6.45, 7) is 4.70. The molecule has 0 saturated carbocycles. The maximum Gasteiger partial charge on any atom is 0.152 e. The minimum atomic E-state index is -0.130. The summed E-state index contributed by atoms with van der Waals surface area (Å²) >= 11 is 0. The average Bonchev–Trinajstić information content (AvgIpc) is 3.84. The first-order valence-electron chi connectivity index (χ1n) is 23.1. The number of anilines is 6. The Labute approximate surface area is 390 Å². The quantitative estimate of drug-likeness (QED) is 0.159. The summed E-state index contributed by atoms with van der Waals surface area (Å²) in [5.74, 6) is 1.67. The third kappa shape index (κ3) is 6.29. The van der Waals surface area contributed by atoms with Gasteiger partial charge in [-0.2, -0.15) is 0 Å². The highest BCUT2D eigenvalue weighted by molar-refractivity contribution is 6.10. The summed E-state index contributed by atoms with van der Waals surface area (Å²) < 4.78 is 8.97. The van der Waals surface area contributed by atoms with E-state index >= 15 is 0 Å². The van der Waals surface area contributed by atoms with Gasteiger partial charge in [-0.15, -0.1) is 0 Å². The lowest BCUT2D eigenvalue weighted by Crippen LogP contribution is -2.16. The van der Waals surface area contributed by atoms with Crippen LogP contribution in [0, 0.1) is 0 Å². The van der Waals surface area contributed by atoms with Crippen LogP contribution < -0.4 is 14.5 Å². The van der Waals surface area contributed by atoms with Crippen molar-refractivity contribution in [2.24, 2.45) is 0 Å². The van der Waals surface area contributed by atoms with E-state index < -0.39 is 0 Å². The predicted molar refractivity (Wildman–Crippen MR) is 279 cm³/mol. The van der Waals surface area contributed by atoms with Gasteiger partial charge in [0.05, 0.1) is 22.4 Å². The number of ether oxygens (including phenoxy) is 1. The van der Waals surface area contributed by atoms with E-state index in [4.69, 9.17) is 4.74 Å². The normalized spacial score (nSPS) is 13.1. The lowest BCUT2D eigenvalue weighted by atomic mass is 9.82. The highest BCUT2D eigenvalue weighted by Gasteiger charge is 2.36. The van der Waals surface area contributed by atoms with Crippen LogP contribution in [0.2, 0.25) is 0 Å². The molecule has 0 spiro atoms. The topological polar surface area (TPSA) is 20.6 Å². The molecule has 4 nitrogen and oxygen atoms in total. The number of nitrogens with zero attached hydrogens (tertiary/aromatic N) is 3. The molecule has 0 N–H and O–H groups in total. The molecule has 0 atom stereocenters. The number of hydrogen-bond acceptors (Lipinski definition) is 3. The lowest BCUT2D eigenvalue weighted by molar-refractivity contribution is 0.477. The van der Waals surface area contributed by atoms with Crippen LogP contribution in [-0.4, -0.2) is 4.57 Å². The summed E-state index contributed by atoms with van der Waals surface area (Å²) in [5, 5.41) is 2.49. The van der Waals surface area contributed by atoms with Crippen LogP contribution in [0.5, 0.6) is 11.5 Å². The van der Waals surface area contributed by atoms with Gasteiger partial charge in [-0.3, -0.25) is 0 Å². The minimum absolute atomic E-state index is 0.130. The Morgan fingerprint density at radius 3 is 1.69 bits per heavy atom. The van der Waals surface area contributed by atoms with E-state index in [1.807, 2.05) is 12.1 Å². The van der Waals surface area contributed by atoms with Crippen molar-refractivity contribution in [3.63, 3.8) is 0 Å². The van der Waals surface area contributed by atoms with Gasteiger partial charge in [0.2, 0.25) is 0 Å². The molecule has 1 aliphatic heterocycles. The van der Waals surface area contributed by atoms with Crippen molar-refractivity contribution in [2.45, 2.75) is 19.3 Å². The zero-order valence-corrected chi connectivity index (χ0v) is 37.3. The fourth-order valence-electron chi connectivity index (χ4n) is 10.7. The van der Waals surface area contributed by atoms with Gasteiger partial charge in [0, 0.05) is 44.6 Å². The zero-order valence-electron chi connectivity index (χ0n) is 37.3. The minimum Gasteiger partial charge on any atom is -0.453 e. The predicted octanol–water partition coefficient (Wildman–Crippen LogP) is 17.5. The Hall–Kier alpha value is -8.60. The maximum atomic E-state index is 6.60. The number of rotatable bonds is 7. The van der Waals surface area contributed by atoms with Crippen molar-refractivity contribution >= 4 is 55.9 Å². The molecule has 2 heterocycles. The summed E-state index contributed by atoms with van der Waals surface area (Å²) in [7, 11) is 0. The first-order valence-corrected chi connectivity index (χ1v) is 23.1. The SMILES string of the molecule is CC1(C)c2ccccc2-c2ccc(N(c3ccc(-c4ccc5c(c4)Oc4ccccc4N5c4ccccc4)cc3)c3ccc(-c4ccc5c(c4)c4ccccc4n5-c4ccccc4)cc3)cc21. The standard InChI is InChI=1S/C63H45N3O/c1-63(2)55-21-11-9-19-51(55)52-36-35-50(41-56(52)63)64(48-31-25-42(26-32-48)44-29-37-58-54(39-44)53-20-10-12-22-57(53)65(58)46-15-5-3-6-16-46)49-33-27-43(28-34-49)45-30-38-60-62(40-45)67-61-24-14-13-23-59(61)66(60)47-17-7-4-8-18-47/h3-41H,1-2H3. The van der Waals surface area contributed by atoms with Crippen LogP contribution in [-0.2, 0) is 5.41 Å². The largest absolute Gasteiger partial charge is 0.453 e. The van der Waals surface area contributed by atoms with Gasteiger partial charge < -0.3 is 19.1 Å². The molecule has 0 amide bonds. The lowest BCUT2D eigenvalue weighted by Gasteiger charge is -2.33. The van der Waals surface area contributed by atoms with Gasteiger partial charge in [0.15, 0.2) is 11.5 Å². The molecule has 318 valence electrons. The molecule has 0 bridgehead atoms. The first kappa shape index (κ1) is 38.8. The van der Waals surface area contributed by atoms with Crippen molar-refractivity contribution in [1.82, 2.24) is 4.57 Å². The Balaban J connectivity index is 0.884. The summed E-state index contributed by atoms with van der Waals surface area (Å²) in [4.78, 5) is 4.68. The second-order valence-electron chi connectivity index (χ2n) is 18.2. The van der Waals surface area contributed by atoms with Gasteiger partial charge in [-0.25, -0.2) is 0 Å². The van der Waals surface area contributed by atoms with Gasteiger partial charge in [0.1, 0.15) is 0 Å². The van der Waals surface area contributed by atoms with Crippen LogP contribution in [0.25, 0.3) is 60.9 Å². The molecule has 0 radical (unpaired) electrons. The molecule has 13 rings (SSSR count). The molecule has 0 unspecified atom stereocenters. The average molecular weight is 860 g/mol.